The van der Waals surface area contributed by atoms with Gasteiger partial charge < -0.3 is 0 Å². The molecule has 0 spiro atoms. The van der Waals surface area contributed by atoms with E-state index in [1.165, 1.54) is 54.6 Å². The molecule has 2 unspecified atom stereocenters. The van der Waals surface area contributed by atoms with Crippen molar-refractivity contribution in [3.63, 3.8) is 0 Å². The maximum atomic E-state index is 5.00. The highest BCUT2D eigenvalue weighted by molar-refractivity contribution is 6.25. The molecule has 0 N–H and O–H groups in total. The Balaban J connectivity index is 1.11. The van der Waals surface area contributed by atoms with E-state index < -0.39 is 0 Å². The van der Waals surface area contributed by atoms with Crippen LogP contribution in [0.4, 0.5) is 0 Å². The molecule has 0 saturated heterocycles. The second kappa shape index (κ2) is 12.5. The van der Waals surface area contributed by atoms with E-state index in [4.69, 9.17) is 15.0 Å². The molecular formula is C50H35N3. The lowest BCUT2D eigenvalue weighted by atomic mass is 9.62. The van der Waals surface area contributed by atoms with Crippen LogP contribution in [0.1, 0.15) is 35.1 Å². The summed E-state index contributed by atoms with van der Waals surface area (Å²) >= 11 is 0. The Morgan fingerprint density at radius 1 is 0.415 bits per heavy atom. The molecule has 10 rings (SSSR count). The van der Waals surface area contributed by atoms with Crippen molar-refractivity contribution in [2.45, 2.75) is 18.3 Å². The fourth-order valence-electron chi connectivity index (χ4n) is 8.40. The first-order valence-corrected chi connectivity index (χ1v) is 18.2. The summed E-state index contributed by atoms with van der Waals surface area (Å²) in [6.07, 6.45) is 4.73. The summed E-state index contributed by atoms with van der Waals surface area (Å²) in [6.45, 7) is 2.40. The number of rotatable bonds is 5. The lowest BCUT2D eigenvalue weighted by Crippen LogP contribution is -2.31. The van der Waals surface area contributed by atoms with Crippen LogP contribution < -0.4 is 0 Å². The normalized spacial score (nSPS) is 16.6. The topological polar surface area (TPSA) is 38.7 Å². The Hall–Kier alpha value is -6.71. The van der Waals surface area contributed by atoms with Crippen LogP contribution in [-0.2, 0) is 5.41 Å². The van der Waals surface area contributed by atoms with Crippen molar-refractivity contribution < 1.29 is 0 Å². The molecule has 53 heavy (non-hydrogen) atoms. The van der Waals surface area contributed by atoms with Crippen LogP contribution >= 0.6 is 0 Å². The van der Waals surface area contributed by atoms with Gasteiger partial charge in [-0.15, -0.1) is 0 Å². The Labute approximate surface area is 309 Å². The summed E-state index contributed by atoms with van der Waals surface area (Å²) in [7, 11) is 0. The number of benzene rings is 8. The molecule has 1 aliphatic carbocycles. The highest BCUT2D eigenvalue weighted by Gasteiger charge is 2.39. The molecule has 9 aromatic rings. The van der Waals surface area contributed by atoms with Crippen molar-refractivity contribution >= 4 is 38.4 Å². The van der Waals surface area contributed by atoms with Gasteiger partial charge in [0, 0.05) is 28.0 Å². The predicted octanol–water partition coefficient (Wildman–Crippen LogP) is 12.4. The predicted molar refractivity (Wildman–Crippen MR) is 220 cm³/mol. The second-order valence-corrected chi connectivity index (χ2v) is 14.2. The summed E-state index contributed by atoms with van der Waals surface area (Å²) in [6, 6.07) is 62.8. The average molecular weight is 678 g/mol. The van der Waals surface area contributed by atoms with Gasteiger partial charge in [-0.05, 0) is 60.6 Å². The monoisotopic (exact) mass is 677 g/mol. The zero-order valence-electron chi connectivity index (χ0n) is 29.3. The van der Waals surface area contributed by atoms with Crippen molar-refractivity contribution in [1.29, 1.82) is 0 Å². The highest BCUT2D eigenvalue weighted by Crippen LogP contribution is 2.50. The molecule has 0 fully saturated rings. The number of hydrogen-bond acceptors (Lipinski definition) is 3. The van der Waals surface area contributed by atoms with Crippen LogP contribution in [0.25, 0.3) is 72.6 Å². The van der Waals surface area contributed by atoms with Crippen molar-refractivity contribution in [3.05, 3.63) is 204 Å². The lowest BCUT2D eigenvalue weighted by molar-refractivity contribution is 0.514. The molecule has 1 aromatic heterocycles. The summed E-state index contributed by atoms with van der Waals surface area (Å²) in [5.74, 6) is 2.06. The van der Waals surface area contributed by atoms with E-state index in [1.807, 2.05) is 60.7 Å². The maximum Gasteiger partial charge on any atom is 0.164 e. The Morgan fingerprint density at radius 2 is 0.868 bits per heavy atom. The Bertz CT molecular complexity index is 2750. The molecule has 2 atom stereocenters. The van der Waals surface area contributed by atoms with Gasteiger partial charge >= 0.3 is 0 Å². The summed E-state index contributed by atoms with van der Waals surface area (Å²) in [5.41, 5.74) is 7.69. The van der Waals surface area contributed by atoms with Crippen LogP contribution in [-0.4, -0.2) is 15.0 Å². The molecule has 0 amide bonds. The van der Waals surface area contributed by atoms with Gasteiger partial charge in [0.15, 0.2) is 17.5 Å². The largest absolute Gasteiger partial charge is 0.208 e. The maximum absolute atomic E-state index is 5.00. The number of fused-ring (bicyclic) bond motifs is 7. The first kappa shape index (κ1) is 31.1. The molecule has 0 aliphatic heterocycles. The molecule has 0 saturated carbocycles. The number of aromatic nitrogens is 3. The van der Waals surface area contributed by atoms with Crippen LogP contribution in [0.5, 0.6) is 0 Å². The first-order chi connectivity index (χ1) is 26.1. The second-order valence-electron chi connectivity index (χ2n) is 14.2. The average Bonchev–Trinajstić information content (AvgIpc) is 3.24. The van der Waals surface area contributed by atoms with Gasteiger partial charge in [0.2, 0.25) is 0 Å². The molecule has 1 aliphatic rings. The van der Waals surface area contributed by atoms with E-state index in [1.54, 1.807) is 0 Å². The van der Waals surface area contributed by atoms with E-state index in [0.29, 0.717) is 17.5 Å². The number of nitrogens with zero attached hydrogens (tertiary/aromatic N) is 3. The summed E-state index contributed by atoms with van der Waals surface area (Å²) in [5, 5.41) is 7.74. The van der Waals surface area contributed by atoms with Gasteiger partial charge in [-0.2, -0.15) is 0 Å². The van der Waals surface area contributed by atoms with E-state index >= 15 is 0 Å². The minimum absolute atomic E-state index is 0.0834. The van der Waals surface area contributed by atoms with Crippen molar-refractivity contribution in [1.82, 2.24) is 15.0 Å². The van der Waals surface area contributed by atoms with Gasteiger partial charge in [-0.3, -0.25) is 0 Å². The number of allylic oxidation sites excluding steroid dienone is 1. The van der Waals surface area contributed by atoms with Gasteiger partial charge in [0.25, 0.3) is 0 Å². The smallest absolute Gasteiger partial charge is 0.164 e. The Morgan fingerprint density at radius 3 is 1.43 bits per heavy atom. The van der Waals surface area contributed by atoms with Crippen LogP contribution in [0, 0.1) is 0 Å². The van der Waals surface area contributed by atoms with Gasteiger partial charge in [0.1, 0.15) is 0 Å². The third kappa shape index (κ3) is 5.24. The lowest BCUT2D eigenvalue weighted by Gasteiger charge is -2.40. The summed E-state index contributed by atoms with van der Waals surface area (Å²) in [4.78, 5) is 14.9. The highest BCUT2D eigenvalue weighted by atomic mass is 15.0. The molecule has 0 radical (unpaired) electrons. The zero-order valence-corrected chi connectivity index (χ0v) is 29.3. The molecule has 0 bridgehead atoms. The first-order valence-electron chi connectivity index (χ1n) is 18.2. The van der Waals surface area contributed by atoms with Crippen LogP contribution in [0.15, 0.2) is 182 Å². The quantitative estimate of drug-likeness (QED) is 0.170. The van der Waals surface area contributed by atoms with E-state index in [2.05, 4.69) is 134 Å². The third-order valence-electron chi connectivity index (χ3n) is 11.1. The van der Waals surface area contributed by atoms with E-state index in [-0.39, 0.29) is 11.3 Å². The van der Waals surface area contributed by atoms with Crippen molar-refractivity contribution in [2.75, 3.05) is 0 Å². The third-order valence-corrected chi connectivity index (χ3v) is 11.1. The molecule has 3 nitrogen and oxygen atoms in total. The summed E-state index contributed by atoms with van der Waals surface area (Å²) < 4.78 is 0. The standard InChI is InChI=1S/C50H35N3/c1-50(38-28-29-44-42-22-11-10-20-40(42)41-21-12-13-23-43(41)45(44)32-38)31-30-33-14-8-9-19-39(33)46(50)34-24-26-37(27-25-34)49-52-47(35-15-4-2-5-16-35)51-48(53-49)36-17-6-3-7-18-36/h2-32,46H,1H3. The molecular weight excluding hydrogens is 643 g/mol. The van der Waals surface area contributed by atoms with E-state index in [9.17, 15) is 0 Å². The zero-order chi connectivity index (χ0) is 35.4. The fourth-order valence-corrected chi connectivity index (χ4v) is 8.40. The number of hydrogen-bond donors (Lipinski definition) is 0. The van der Waals surface area contributed by atoms with Crippen molar-refractivity contribution in [3.8, 4) is 34.2 Å². The van der Waals surface area contributed by atoms with Gasteiger partial charge in [-0.25, -0.2) is 15.0 Å². The molecule has 8 aromatic carbocycles. The molecule has 1 heterocycles. The Kier molecular flexibility index (Phi) is 7.33. The fraction of sp³-hybridized carbons (Fsp3) is 0.0600. The van der Waals surface area contributed by atoms with Gasteiger partial charge in [0.05, 0.1) is 0 Å². The SMILES string of the molecule is CC1(c2ccc3c4ccccc4c4ccccc4c3c2)C=Cc2ccccc2C1c1ccc(-c2nc(-c3ccccc3)nc(-c3ccccc3)n2)cc1. The van der Waals surface area contributed by atoms with Crippen LogP contribution in [0.3, 0.4) is 0 Å². The van der Waals surface area contributed by atoms with Gasteiger partial charge in [-0.1, -0.05) is 189 Å². The molecule has 3 heteroatoms. The van der Waals surface area contributed by atoms with Crippen molar-refractivity contribution in [2.24, 2.45) is 0 Å². The van der Waals surface area contributed by atoms with Crippen LogP contribution in [0.2, 0.25) is 0 Å². The minimum atomic E-state index is -0.315. The molecule has 250 valence electrons. The van der Waals surface area contributed by atoms with E-state index in [0.717, 1.165) is 16.7 Å². The minimum Gasteiger partial charge on any atom is -0.208 e.